The van der Waals surface area contributed by atoms with Gasteiger partial charge in [-0.05, 0) is 0 Å². The highest BCUT2D eigenvalue weighted by Crippen LogP contribution is 1.74. The number of hydrogen-bond acceptors (Lipinski definition) is 3. The zero-order valence-electron chi connectivity index (χ0n) is 4.12. The third kappa shape index (κ3) is 4.74. The minimum absolute atomic E-state index is 0.658. The predicted molar refractivity (Wildman–Crippen MR) is 20.9 cm³/mol. The van der Waals surface area contributed by atoms with Crippen molar-refractivity contribution < 1.29 is 14.7 Å². The van der Waals surface area contributed by atoms with Gasteiger partial charge in [-0.1, -0.05) is 0 Å². The lowest BCUT2D eigenvalue weighted by Crippen LogP contribution is -2.16. The summed E-state index contributed by atoms with van der Waals surface area (Å²) in [5.41, 5.74) is 0. The van der Waals surface area contributed by atoms with Crippen molar-refractivity contribution in [3.63, 3.8) is 0 Å². The van der Waals surface area contributed by atoms with Gasteiger partial charge in [0.1, 0.15) is 0 Å². The van der Waals surface area contributed by atoms with Crippen LogP contribution in [0.3, 0.4) is 0 Å². The molecule has 0 heterocycles. The molecular weight excluding hydrogens is 112 g/mol. The van der Waals surface area contributed by atoms with Crippen molar-refractivity contribution in [2.24, 2.45) is 10.2 Å². The number of azo groups is 1. The van der Waals surface area contributed by atoms with Crippen molar-refractivity contribution in [3.8, 4) is 0 Å². The van der Waals surface area contributed by atoms with Crippen molar-refractivity contribution in [1.82, 2.24) is 0 Å². The molecule has 0 aliphatic carbocycles. The van der Waals surface area contributed by atoms with Crippen LogP contribution in [0.25, 0.3) is 0 Å². The van der Waals surface area contributed by atoms with Crippen molar-refractivity contribution in [1.29, 1.82) is 0 Å². The Labute approximate surface area is 45.0 Å². The predicted octanol–water partition coefficient (Wildman–Crippen LogP) is -0.672. The molecular formula is C3H3N2O3-. The van der Waals surface area contributed by atoms with E-state index in [4.69, 9.17) is 0 Å². The Kier molecular flexibility index (Phi) is 2.39. The van der Waals surface area contributed by atoms with Crippen LogP contribution in [0.5, 0.6) is 0 Å². The summed E-state index contributed by atoms with van der Waals surface area (Å²) >= 11 is 0. The number of carboxylic acid groups (broad SMARTS) is 1. The smallest absolute Gasteiger partial charge is 0.261 e. The molecule has 0 N–H and O–H groups in total. The molecule has 0 spiro atoms. The molecule has 0 fully saturated rings. The first-order chi connectivity index (χ1) is 3.63. The summed E-state index contributed by atoms with van der Waals surface area (Å²) < 4.78 is 0. The molecule has 0 rings (SSSR count). The van der Waals surface area contributed by atoms with Crippen LogP contribution in [0.4, 0.5) is 4.79 Å². The van der Waals surface area contributed by atoms with Gasteiger partial charge in [0.25, 0.3) is 5.91 Å². The van der Waals surface area contributed by atoms with Gasteiger partial charge in [0.05, 0.1) is 0 Å². The largest absolute Gasteiger partial charge is 0.527 e. The van der Waals surface area contributed by atoms with E-state index in [1.54, 1.807) is 0 Å². The van der Waals surface area contributed by atoms with Crippen LogP contribution in [-0.2, 0) is 4.79 Å². The molecule has 0 saturated heterocycles. The zero-order valence-corrected chi connectivity index (χ0v) is 4.12. The van der Waals surface area contributed by atoms with Crippen LogP contribution in [0.1, 0.15) is 6.92 Å². The van der Waals surface area contributed by atoms with Gasteiger partial charge in [-0.2, -0.15) is 0 Å². The summed E-state index contributed by atoms with van der Waals surface area (Å²) in [6.07, 6.45) is -1.71. The van der Waals surface area contributed by atoms with Crippen LogP contribution >= 0.6 is 0 Å². The van der Waals surface area contributed by atoms with E-state index in [9.17, 15) is 14.7 Å². The third-order valence-electron chi connectivity index (χ3n) is 0.272. The average molecular weight is 115 g/mol. The summed E-state index contributed by atoms with van der Waals surface area (Å²) in [6.45, 7) is 1.09. The van der Waals surface area contributed by atoms with Gasteiger partial charge in [-0.25, -0.2) is 0 Å². The van der Waals surface area contributed by atoms with Gasteiger partial charge >= 0.3 is 0 Å². The molecule has 5 nitrogen and oxygen atoms in total. The molecule has 8 heavy (non-hydrogen) atoms. The first kappa shape index (κ1) is 6.74. The van der Waals surface area contributed by atoms with Gasteiger partial charge in [0.15, 0.2) is 6.09 Å². The normalized spacial score (nSPS) is 9.62. The highest BCUT2D eigenvalue weighted by atomic mass is 16.4. The number of amides is 2. The fourth-order valence-electron chi connectivity index (χ4n) is 0.111. The molecule has 2 amide bonds. The Morgan fingerprint density at radius 1 is 1.38 bits per heavy atom. The van der Waals surface area contributed by atoms with Gasteiger partial charge in [-0.15, -0.1) is 10.2 Å². The number of nitrogens with zero attached hydrogens (tertiary/aromatic N) is 2. The summed E-state index contributed by atoms with van der Waals surface area (Å²) in [4.78, 5) is 19.2. The molecule has 0 radical (unpaired) electrons. The van der Waals surface area contributed by atoms with Gasteiger partial charge < -0.3 is 9.90 Å². The number of rotatable bonds is 0. The van der Waals surface area contributed by atoms with Crippen LogP contribution in [0.2, 0.25) is 0 Å². The van der Waals surface area contributed by atoms with E-state index in [0.29, 0.717) is 0 Å². The minimum Gasteiger partial charge on any atom is -0.527 e. The van der Waals surface area contributed by atoms with E-state index in [0.717, 1.165) is 6.92 Å². The SMILES string of the molecule is CC(=O)N=NC(=O)[O-]. The molecule has 0 aromatic heterocycles. The number of carbonyl (C=O) groups excluding carboxylic acids is 2. The maximum absolute atomic E-state index is 9.80. The summed E-state index contributed by atoms with van der Waals surface area (Å²) in [5.74, 6) is -0.658. The molecule has 0 aromatic carbocycles. The molecule has 0 atom stereocenters. The van der Waals surface area contributed by atoms with E-state index in [-0.39, 0.29) is 0 Å². The van der Waals surface area contributed by atoms with Crippen molar-refractivity contribution in [3.05, 3.63) is 0 Å². The second kappa shape index (κ2) is 2.84. The third-order valence-corrected chi connectivity index (χ3v) is 0.272. The molecule has 0 bridgehead atoms. The second-order valence-electron chi connectivity index (χ2n) is 0.985. The quantitative estimate of drug-likeness (QED) is 0.392. The van der Waals surface area contributed by atoms with Gasteiger partial charge in [-0.3, -0.25) is 4.79 Å². The minimum atomic E-state index is -1.71. The van der Waals surface area contributed by atoms with Gasteiger partial charge in [0.2, 0.25) is 0 Å². The lowest BCUT2D eigenvalue weighted by Gasteiger charge is -1.83. The molecule has 0 aromatic rings. The van der Waals surface area contributed by atoms with E-state index >= 15 is 0 Å². The Hall–Kier alpha value is -1.26. The summed E-state index contributed by atoms with van der Waals surface area (Å²) in [5, 5.41) is 14.4. The summed E-state index contributed by atoms with van der Waals surface area (Å²) in [6, 6.07) is 0. The van der Waals surface area contributed by atoms with E-state index < -0.39 is 12.0 Å². The van der Waals surface area contributed by atoms with Crippen LogP contribution in [0, 0.1) is 0 Å². The Balaban J connectivity index is 3.67. The molecule has 5 heteroatoms. The van der Waals surface area contributed by atoms with E-state index in [2.05, 4.69) is 10.2 Å². The van der Waals surface area contributed by atoms with Crippen molar-refractivity contribution in [2.45, 2.75) is 6.92 Å². The molecule has 0 aliphatic rings. The van der Waals surface area contributed by atoms with Gasteiger partial charge in [0, 0.05) is 6.92 Å². The fraction of sp³-hybridized carbons (Fsp3) is 0.333. The molecule has 44 valence electrons. The maximum atomic E-state index is 9.80. The first-order valence-corrected chi connectivity index (χ1v) is 1.76. The Morgan fingerprint density at radius 3 is 2.00 bits per heavy atom. The lowest BCUT2D eigenvalue weighted by molar-refractivity contribution is -0.246. The van der Waals surface area contributed by atoms with Crippen molar-refractivity contribution >= 4 is 12.0 Å². The van der Waals surface area contributed by atoms with Crippen LogP contribution < -0.4 is 5.11 Å². The fourth-order valence-corrected chi connectivity index (χ4v) is 0.111. The highest BCUT2D eigenvalue weighted by molar-refractivity contribution is 5.75. The Bertz CT molecular complexity index is 123. The molecule has 0 aliphatic heterocycles. The first-order valence-electron chi connectivity index (χ1n) is 1.76. The maximum Gasteiger partial charge on any atom is 0.261 e. The average Bonchev–Trinajstić information content (AvgIpc) is 1.61. The number of hydrogen-bond donors (Lipinski definition) is 0. The monoisotopic (exact) mass is 115 g/mol. The molecule has 0 saturated carbocycles. The standard InChI is InChI=1S/C3H4N2O3/c1-2(6)4-5-3(7)8/h1H3,(H,7,8)/p-1. The molecule has 0 unspecified atom stereocenters. The van der Waals surface area contributed by atoms with Crippen molar-refractivity contribution in [2.75, 3.05) is 0 Å². The van der Waals surface area contributed by atoms with E-state index in [1.807, 2.05) is 0 Å². The Morgan fingerprint density at radius 2 is 1.88 bits per heavy atom. The number of carbonyl (C=O) groups is 2. The lowest BCUT2D eigenvalue weighted by atomic mass is 10.8. The zero-order chi connectivity index (χ0) is 6.57. The summed E-state index contributed by atoms with van der Waals surface area (Å²) in [7, 11) is 0. The topological polar surface area (TPSA) is 81.9 Å². The van der Waals surface area contributed by atoms with E-state index in [1.165, 1.54) is 0 Å². The highest BCUT2D eigenvalue weighted by Gasteiger charge is 1.80. The van der Waals surface area contributed by atoms with Crippen LogP contribution in [0.15, 0.2) is 10.2 Å². The van der Waals surface area contributed by atoms with Crippen LogP contribution in [-0.4, -0.2) is 12.0 Å². The second-order valence-corrected chi connectivity index (χ2v) is 0.985.